The summed E-state index contributed by atoms with van der Waals surface area (Å²) in [5.41, 5.74) is 14.6. The van der Waals surface area contributed by atoms with Gasteiger partial charge in [-0.3, -0.25) is 9.36 Å². The van der Waals surface area contributed by atoms with E-state index in [1.807, 2.05) is 29.4 Å². The average Bonchev–Trinajstić information content (AvgIpc) is 3.28. The summed E-state index contributed by atoms with van der Waals surface area (Å²) in [5.74, 6) is 0.934. The van der Waals surface area contributed by atoms with Crippen molar-refractivity contribution in [2.45, 2.75) is 39.8 Å². The average molecular weight is 493 g/mol. The molecule has 0 radical (unpaired) electrons. The number of aromatic nitrogens is 5. The van der Waals surface area contributed by atoms with Crippen LogP contribution in [-0.2, 0) is 20.0 Å². The van der Waals surface area contributed by atoms with Crippen molar-refractivity contribution in [3.05, 3.63) is 63.5 Å². The van der Waals surface area contributed by atoms with Crippen LogP contribution in [0.3, 0.4) is 0 Å². The number of nitrogens with two attached hydrogens (primary N) is 1. The van der Waals surface area contributed by atoms with Gasteiger partial charge in [0.05, 0.1) is 11.4 Å². The first kappa shape index (κ1) is 20.8. The summed E-state index contributed by atoms with van der Waals surface area (Å²) in [5, 5.41) is 9.58. The molecule has 7 nitrogen and oxygen atoms in total. The number of pyridine rings is 1. The van der Waals surface area contributed by atoms with Crippen LogP contribution in [0.4, 0.5) is 5.82 Å². The van der Waals surface area contributed by atoms with Crippen LogP contribution in [0, 0.1) is 6.92 Å². The van der Waals surface area contributed by atoms with E-state index in [1.54, 1.807) is 6.20 Å². The molecule has 3 aromatic heterocycles. The number of hydrogen-bond acceptors (Lipinski definition) is 5. The number of nitrogen functional groups attached to an aromatic ring is 1. The van der Waals surface area contributed by atoms with Crippen LogP contribution >= 0.6 is 15.9 Å². The Morgan fingerprint density at radius 3 is 2.84 bits per heavy atom. The Kier molecular flexibility index (Phi) is 5.04. The van der Waals surface area contributed by atoms with E-state index in [0.29, 0.717) is 18.0 Å². The molecule has 5 rings (SSSR count). The molecule has 164 valence electrons. The van der Waals surface area contributed by atoms with Crippen molar-refractivity contribution in [3.63, 3.8) is 0 Å². The Balaban J connectivity index is 1.84. The van der Waals surface area contributed by atoms with Crippen molar-refractivity contribution in [3.8, 4) is 28.3 Å². The number of nitrogens with zero attached hydrogens (tertiary/aromatic N) is 5. The van der Waals surface area contributed by atoms with Gasteiger partial charge in [0.2, 0.25) is 0 Å². The highest BCUT2D eigenvalue weighted by molar-refractivity contribution is 9.10. The Labute approximate surface area is 195 Å². The van der Waals surface area contributed by atoms with Crippen molar-refractivity contribution in [1.82, 2.24) is 24.5 Å². The molecule has 1 aliphatic heterocycles. The minimum Gasteiger partial charge on any atom is -0.482 e. The van der Waals surface area contributed by atoms with Gasteiger partial charge in [0, 0.05) is 60.2 Å². The van der Waals surface area contributed by atoms with Crippen molar-refractivity contribution >= 4 is 21.7 Å². The van der Waals surface area contributed by atoms with Gasteiger partial charge in [0.15, 0.2) is 11.6 Å². The second-order valence-corrected chi connectivity index (χ2v) is 9.00. The summed E-state index contributed by atoms with van der Waals surface area (Å²) < 4.78 is 11.1. The molecule has 0 amide bonds. The van der Waals surface area contributed by atoms with E-state index in [0.717, 1.165) is 55.9 Å². The van der Waals surface area contributed by atoms with Crippen LogP contribution in [0.25, 0.3) is 22.5 Å². The van der Waals surface area contributed by atoms with Gasteiger partial charge >= 0.3 is 0 Å². The van der Waals surface area contributed by atoms with Crippen LogP contribution < -0.4 is 10.5 Å². The van der Waals surface area contributed by atoms with Crippen LogP contribution in [0.5, 0.6) is 5.75 Å². The van der Waals surface area contributed by atoms with Crippen molar-refractivity contribution in [2.75, 3.05) is 5.73 Å². The molecule has 0 unspecified atom stereocenters. The molecule has 1 atom stereocenters. The number of rotatable bonds is 1. The third kappa shape index (κ3) is 3.39. The van der Waals surface area contributed by atoms with E-state index in [2.05, 4.69) is 59.2 Å². The van der Waals surface area contributed by atoms with E-state index < -0.39 is 0 Å². The van der Waals surface area contributed by atoms with Crippen LogP contribution in [0.2, 0.25) is 0 Å². The molecule has 32 heavy (non-hydrogen) atoms. The fourth-order valence-electron chi connectivity index (χ4n) is 4.43. The number of fused-ring (bicyclic) bond motifs is 7. The molecule has 1 aliphatic rings. The predicted molar refractivity (Wildman–Crippen MR) is 128 cm³/mol. The van der Waals surface area contributed by atoms with Gasteiger partial charge in [-0.25, -0.2) is 4.98 Å². The lowest BCUT2D eigenvalue weighted by atomic mass is 9.93. The molecule has 8 heteroatoms. The number of benzene rings is 1. The predicted octanol–water partition coefficient (Wildman–Crippen LogP) is 5.06. The van der Waals surface area contributed by atoms with Gasteiger partial charge in [-0.15, -0.1) is 0 Å². The normalized spacial score (nSPS) is 15.1. The van der Waals surface area contributed by atoms with Gasteiger partial charge in [-0.05, 0) is 42.8 Å². The molecule has 0 aliphatic carbocycles. The summed E-state index contributed by atoms with van der Waals surface area (Å²) in [6.07, 6.45) is 4.32. The molecule has 0 saturated carbocycles. The molecule has 0 fully saturated rings. The lowest BCUT2D eigenvalue weighted by Gasteiger charge is -2.21. The fourth-order valence-corrected chi connectivity index (χ4v) is 4.95. The largest absolute Gasteiger partial charge is 0.482 e. The molecule has 4 aromatic rings. The van der Waals surface area contributed by atoms with Crippen LogP contribution in [-0.4, -0.2) is 24.5 Å². The Morgan fingerprint density at radius 2 is 2.06 bits per heavy atom. The highest BCUT2D eigenvalue weighted by atomic mass is 79.9. The van der Waals surface area contributed by atoms with Gasteiger partial charge in [-0.1, -0.05) is 23.8 Å². The molecule has 1 aromatic carbocycles. The summed E-state index contributed by atoms with van der Waals surface area (Å²) in [7, 11) is 1.96. The third-order valence-corrected chi connectivity index (χ3v) is 6.57. The Morgan fingerprint density at radius 1 is 1.25 bits per heavy atom. The van der Waals surface area contributed by atoms with Crippen molar-refractivity contribution in [2.24, 2.45) is 7.05 Å². The number of anilines is 1. The minimum absolute atomic E-state index is 0.235. The molecular weight excluding hydrogens is 468 g/mol. The maximum atomic E-state index is 6.39. The van der Waals surface area contributed by atoms with Crippen molar-refractivity contribution in [1.29, 1.82) is 0 Å². The lowest BCUT2D eigenvalue weighted by Crippen LogP contribution is -2.10. The molecule has 0 spiro atoms. The maximum Gasteiger partial charge on any atom is 0.166 e. The van der Waals surface area contributed by atoms with E-state index >= 15 is 0 Å². The molecule has 0 saturated heterocycles. The summed E-state index contributed by atoms with van der Waals surface area (Å²) in [6.45, 7) is 6.93. The first-order valence-corrected chi connectivity index (χ1v) is 11.5. The van der Waals surface area contributed by atoms with E-state index in [9.17, 15) is 0 Å². The highest BCUT2D eigenvalue weighted by Crippen LogP contribution is 2.40. The van der Waals surface area contributed by atoms with E-state index in [1.165, 1.54) is 0 Å². The van der Waals surface area contributed by atoms with E-state index in [-0.39, 0.29) is 6.10 Å². The van der Waals surface area contributed by atoms with Crippen molar-refractivity contribution < 1.29 is 4.74 Å². The topological polar surface area (TPSA) is 83.8 Å². The summed E-state index contributed by atoms with van der Waals surface area (Å²) in [6, 6.07) is 8.38. The lowest BCUT2D eigenvalue weighted by molar-refractivity contribution is 0.228. The third-order valence-electron chi connectivity index (χ3n) is 5.93. The number of ether oxygens (including phenoxy) is 1. The zero-order valence-corrected chi connectivity index (χ0v) is 20.1. The zero-order chi connectivity index (χ0) is 22.6. The minimum atomic E-state index is -0.235. The smallest absolute Gasteiger partial charge is 0.166 e. The quantitative estimate of drug-likeness (QED) is 0.401. The SMILES string of the molecule is CCn1nc(Br)c2c1-c1cnc(N)c(c1)O[C@H](C)c1cc(C)ccc1-c1nn(C)cc1C2. The Hall–Kier alpha value is -3.13. The monoisotopic (exact) mass is 492 g/mol. The second kappa shape index (κ2) is 7.78. The first-order valence-electron chi connectivity index (χ1n) is 10.7. The molecular formula is C24H25BrN6O. The highest BCUT2D eigenvalue weighted by Gasteiger charge is 2.25. The van der Waals surface area contributed by atoms with Crippen LogP contribution in [0.1, 0.15) is 42.2 Å². The number of halogens is 1. The van der Waals surface area contributed by atoms with Crippen LogP contribution in [0.15, 0.2) is 41.3 Å². The van der Waals surface area contributed by atoms with Gasteiger partial charge < -0.3 is 10.5 Å². The van der Waals surface area contributed by atoms with E-state index in [4.69, 9.17) is 20.7 Å². The maximum absolute atomic E-state index is 6.39. The van der Waals surface area contributed by atoms with Gasteiger partial charge in [0.1, 0.15) is 10.7 Å². The zero-order valence-electron chi connectivity index (χ0n) is 18.6. The fraction of sp³-hybridized carbons (Fsp3) is 0.292. The summed E-state index contributed by atoms with van der Waals surface area (Å²) >= 11 is 3.70. The summed E-state index contributed by atoms with van der Waals surface area (Å²) in [4.78, 5) is 4.45. The molecule has 4 heterocycles. The van der Waals surface area contributed by atoms with Gasteiger partial charge in [0.25, 0.3) is 0 Å². The standard InChI is InChI=1S/C24H25BrN6O/c1-5-31-22-15-10-20(24(26)27-11-15)32-14(3)18-8-13(2)6-7-17(18)21-16(12-30(4)28-21)9-19(22)23(25)29-31/h6-8,10-12,14H,5,9H2,1-4H3,(H2,26,27)/t14-/m1/s1. The number of hydrogen-bond donors (Lipinski definition) is 1. The Bertz CT molecular complexity index is 1340. The van der Waals surface area contributed by atoms with Gasteiger partial charge in [-0.2, -0.15) is 10.2 Å². The second-order valence-electron chi connectivity index (χ2n) is 8.25. The first-order chi connectivity index (χ1) is 15.4. The number of aryl methyl sites for hydroxylation is 3. The molecule has 2 bridgehead atoms. The molecule has 2 N–H and O–H groups in total.